The van der Waals surface area contributed by atoms with Crippen LogP contribution in [-0.2, 0) is 32.0 Å². The SMILES string of the molecule is Nc1nc2c(ncn2[C@@H]2O[C@H](COP(=O)([O-])OP(=O)([O-])OC3OC(CO)[C@@H](O)[C@@H](O)C3O)[C@H](O)C2O)c(=O)[nH]1.[NH4+].[NH4+]. The molecule has 2 aliphatic heterocycles. The van der Waals surface area contributed by atoms with Crippen LogP contribution in [-0.4, -0.2) is 112 Å². The van der Waals surface area contributed by atoms with Gasteiger partial charge in [0.15, 0.2) is 23.7 Å². The zero-order valence-electron chi connectivity index (χ0n) is 21.3. The van der Waals surface area contributed by atoms with E-state index in [0.717, 1.165) is 10.9 Å². The molecule has 23 nitrogen and oxygen atoms in total. The minimum absolute atomic E-state index is 0. The smallest absolute Gasteiger partial charge is 0.280 e. The number of hydrogen-bond donors (Lipinski definition) is 10. The molecule has 0 aliphatic carbocycles. The van der Waals surface area contributed by atoms with Crippen molar-refractivity contribution in [3.63, 3.8) is 0 Å². The van der Waals surface area contributed by atoms with E-state index in [2.05, 4.69) is 28.3 Å². The molecule has 2 saturated heterocycles. The highest BCUT2D eigenvalue weighted by molar-refractivity contribution is 7.59. The molecule has 236 valence electrons. The summed E-state index contributed by atoms with van der Waals surface area (Å²) >= 11 is 0. The lowest BCUT2D eigenvalue weighted by Crippen LogP contribution is -2.59. The molecule has 2 fully saturated rings. The third kappa shape index (κ3) is 7.33. The van der Waals surface area contributed by atoms with Gasteiger partial charge in [-0.05, 0) is 0 Å². The number of aromatic amines is 1. The van der Waals surface area contributed by atoms with Gasteiger partial charge in [0, 0.05) is 0 Å². The number of phosphoric ester groups is 2. The zero-order valence-corrected chi connectivity index (χ0v) is 23.1. The third-order valence-electron chi connectivity index (χ3n) is 5.74. The summed E-state index contributed by atoms with van der Waals surface area (Å²) in [4.78, 5) is 46.1. The molecule has 4 heterocycles. The van der Waals surface area contributed by atoms with Crippen LogP contribution in [0.15, 0.2) is 11.1 Å². The van der Waals surface area contributed by atoms with Gasteiger partial charge in [0.05, 0.1) is 19.5 Å². The standard InChI is InChI=1S/C16H25N5O16P2.2H3N/c17-16-19-12-6(13(28)20-16)18-3-21(12)14-10(26)8(24)5(34-14)2-33-38(29,30)37-39(31,32)36-15-11(27)9(25)7(23)4(1-22)35-15;;/h3-5,7-11,14-15,22-27H,1-2H2,(H,29,30)(H,31,32)(H3,17,19,20,28);2*1H3/t4?,5-,7-,8+,9-,10?,11?,14-,15?;;/m1../s1. The molecule has 2 aromatic rings. The van der Waals surface area contributed by atoms with Gasteiger partial charge in [-0.1, -0.05) is 0 Å². The summed E-state index contributed by atoms with van der Waals surface area (Å²) in [6, 6.07) is 0. The minimum atomic E-state index is -5.91. The van der Waals surface area contributed by atoms with E-state index in [9.17, 15) is 49.2 Å². The number of nitrogens with zero attached hydrogens (tertiary/aromatic N) is 3. The number of phosphoric acid groups is 2. The lowest BCUT2D eigenvalue weighted by molar-refractivity contribution is -0.305. The maximum Gasteiger partial charge on any atom is 0.280 e. The number of aromatic nitrogens is 4. The van der Waals surface area contributed by atoms with Crippen LogP contribution in [0.3, 0.4) is 0 Å². The highest BCUT2D eigenvalue weighted by Gasteiger charge is 2.47. The third-order valence-corrected chi connectivity index (χ3v) is 8.27. The zero-order chi connectivity index (χ0) is 28.9. The van der Waals surface area contributed by atoms with Crippen molar-refractivity contribution in [1.82, 2.24) is 31.8 Å². The van der Waals surface area contributed by atoms with Gasteiger partial charge in [0.2, 0.25) is 5.95 Å². The van der Waals surface area contributed by atoms with Crippen LogP contribution < -0.4 is 33.4 Å². The summed E-state index contributed by atoms with van der Waals surface area (Å²) in [5, 5.41) is 59.1. The Morgan fingerprint density at radius 2 is 1.63 bits per heavy atom. The number of imidazole rings is 1. The van der Waals surface area contributed by atoms with E-state index >= 15 is 0 Å². The number of aliphatic hydroxyl groups excluding tert-OH is 6. The Hall–Kier alpha value is -1.99. The van der Waals surface area contributed by atoms with Crippen LogP contribution in [0, 0.1) is 0 Å². The number of nitrogens with two attached hydrogens (primary N) is 1. The van der Waals surface area contributed by atoms with Gasteiger partial charge in [-0.2, -0.15) is 4.98 Å². The summed E-state index contributed by atoms with van der Waals surface area (Å²) in [7, 11) is -11.7. The summed E-state index contributed by atoms with van der Waals surface area (Å²) in [5.74, 6) is -0.292. The first-order valence-corrected chi connectivity index (χ1v) is 13.8. The number of fused-ring (bicyclic) bond motifs is 1. The van der Waals surface area contributed by atoms with Crippen molar-refractivity contribution in [3.05, 3.63) is 16.7 Å². The Labute approximate surface area is 228 Å². The van der Waals surface area contributed by atoms with E-state index in [1.54, 1.807) is 0 Å². The predicted octanol–water partition coefficient (Wildman–Crippen LogP) is -5.14. The maximum absolute atomic E-state index is 12.1. The van der Waals surface area contributed by atoms with Gasteiger partial charge in [-0.3, -0.25) is 28.0 Å². The highest BCUT2D eigenvalue weighted by Crippen LogP contribution is 2.57. The van der Waals surface area contributed by atoms with Gasteiger partial charge < -0.3 is 72.5 Å². The number of quaternary nitrogens is 2. The van der Waals surface area contributed by atoms with E-state index in [0.29, 0.717) is 0 Å². The Morgan fingerprint density at radius 1 is 1.00 bits per heavy atom. The lowest BCUT2D eigenvalue weighted by Gasteiger charge is -2.41. The second-order valence-corrected chi connectivity index (χ2v) is 11.3. The quantitative estimate of drug-likeness (QED) is 0.115. The van der Waals surface area contributed by atoms with Crippen molar-refractivity contribution >= 4 is 32.8 Å². The average molecular weight is 639 g/mol. The largest absolute Gasteiger partial charge is 0.756 e. The molecule has 17 N–H and O–H groups in total. The number of nitrogens with one attached hydrogen (secondary N) is 1. The first-order chi connectivity index (χ1) is 18.1. The predicted molar refractivity (Wildman–Crippen MR) is 128 cm³/mol. The molecule has 0 saturated carbocycles. The van der Waals surface area contributed by atoms with E-state index in [-0.39, 0.29) is 29.4 Å². The topological polar surface area (TPSA) is 410 Å². The molecule has 0 spiro atoms. The molecule has 41 heavy (non-hydrogen) atoms. The fourth-order valence-corrected chi connectivity index (χ4v) is 5.92. The van der Waals surface area contributed by atoms with Crippen molar-refractivity contribution in [2.45, 2.75) is 55.2 Å². The van der Waals surface area contributed by atoms with Crippen LogP contribution in [0.25, 0.3) is 11.2 Å². The number of nitrogen functional groups attached to an aromatic ring is 1. The summed E-state index contributed by atoms with van der Waals surface area (Å²) in [5.41, 5.74) is 4.48. The van der Waals surface area contributed by atoms with Crippen molar-refractivity contribution in [2.75, 3.05) is 18.9 Å². The minimum Gasteiger partial charge on any atom is -0.756 e. The van der Waals surface area contributed by atoms with Crippen LogP contribution in [0.4, 0.5) is 5.95 Å². The second kappa shape index (κ2) is 13.1. The fraction of sp³-hybridized carbons (Fsp3) is 0.688. The van der Waals surface area contributed by atoms with Gasteiger partial charge in [-0.15, -0.1) is 0 Å². The van der Waals surface area contributed by atoms with Crippen LogP contribution >= 0.6 is 15.6 Å². The molecular weight excluding hydrogens is 608 g/mol. The number of hydrogen-bond acceptors (Lipinski definition) is 19. The average Bonchev–Trinajstić information content (AvgIpc) is 3.38. The van der Waals surface area contributed by atoms with E-state index < -0.39 is 89.7 Å². The van der Waals surface area contributed by atoms with Crippen molar-refractivity contribution in [1.29, 1.82) is 0 Å². The Kier molecular flexibility index (Phi) is 11.3. The molecule has 0 amide bonds. The number of rotatable bonds is 9. The van der Waals surface area contributed by atoms with Crippen molar-refractivity contribution < 1.29 is 72.4 Å². The first kappa shape index (κ1) is 35.2. The molecule has 0 radical (unpaired) electrons. The van der Waals surface area contributed by atoms with Gasteiger partial charge >= 0.3 is 0 Å². The number of anilines is 1. The molecule has 11 atom stereocenters. The van der Waals surface area contributed by atoms with E-state index in [1.807, 2.05) is 0 Å². The summed E-state index contributed by atoms with van der Waals surface area (Å²) < 4.78 is 48.1. The van der Waals surface area contributed by atoms with Gasteiger partial charge in [0.1, 0.15) is 42.7 Å². The maximum atomic E-state index is 12.1. The van der Waals surface area contributed by atoms with Crippen molar-refractivity contribution in [2.24, 2.45) is 0 Å². The van der Waals surface area contributed by atoms with Gasteiger partial charge in [0.25, 0.3) is 21.2 Å². The molecule has 4 rings (SSSR count). The van der Waals surface area contributed by atoms with Gasteiger partial charge in [-0.25, -0.2) is 9.29 Å². The van der Waals surface area contributed by atoms with Crippen LogP contribution in [0.5, 0.6) is 0 Å². The van der Waals surface area contributed by atoms with E-state index in [1.165, 1.54) is 0 Å². The molecule has 0 aromatic carbocycles. The van der Waals surface area contributed by atoms with Crippen molar-refractivity contribution in [3.8, 4) is 0 Å². The Bertz CT molecular complexity index is 1340. The number of ether oxygens (including phenoxy) is 2. The monoisotopic (exact) mass is 639 g/mol. The molecule has 2 aliphatic rings. The normalized spacial score (nSPS) is 34.8. The first-order valence-electron chi connectivity index (χ1n) is 10.8. The summed E-state index contributed by atoms with van der Waals surface area (Å²) in [6.07, 6.45) is -15.5. The molecule has 2 aromatic heterocycles. The lowest BCUT2D eigenvalue weighted by atomic mass is 10.00. The molecule has 6 unspecified atom stereocenters. The second-order valence-electron chi connectivity index (χ2n) is 8.40. The van der Waals surface area contributed by atoms with E-state index in [4.69, 9.17) is 20.3 Å². The molecule has 25 heteroatoms. The Morgan fingerprint density at radius 3 is 2.27 bits per heavy atom. The Balaban J connectivity index is 0.00000294. The highest BCUT2D eigenvalue weighted by atomic mass is 31.3. The van der Waals surface area contributed by atoms with Crippen LogP contribution in [0.2, 0.25) is 0 Å². The fourth-order valence-electron chi connectivity index (χ4n) is 3.84. The molecule has 0 bridgehead atoms. The number of aliphatic hydroxyl groups is 6. The summed E-state index contributed by atoms with van der Waals surface area (Å²) in [6.45, 7) is -2.01. The van der Waals surface area contributed by atoms with Crippen LogP contribution in [0.1, 0.15) is 6.23 Å². The molecular formula is C16H31N7O16P2. The number of H-pyrrole nitrogens is 1.